The number of fused-ring (bicyclic) bond motifs is 1. The summed E-state index contributed by atoms with van der Waals surface area (Å²) in [6, 6.07) is 5.94. The van der Waals surface area contributed by atoms with Crippen LogP contribution in [0.5, 0.6) is 11.5 Å². The van der Waals surface area contributed by atoms with Crippen LogP contribution < -0.4 is 14.9 Å². The highest BCUT2D eigenvalue weighted by atomic mass is 32.2. The maximum Gasteiger partial charge on any atom is 0.212 e. The fourth-order valence-corrected chi connectivity index (χ4v) is 3.30. The zero-order valence-electron chi connectivity index (χ0n) is 12.3. The minimum atomic E-state index is 0.103. The second kappa shape index (κ2) is 5.85. The summed E-state index contributed by atoms with van der Waals surface area (Å²) < 4.78 is 12.6. The molecule has 0 amide bonds. The van der Waals surface area contributed by atoms with Crippen LogP contribution >= 0.6 is 11.8 Å². The largest absolute Gasteiger partial charge is 0.493 e. The molecular formula is C14H18N4O2S. The molecule has 3 rings (SSSR count). The zero-order valence-corrected chi connectivity index (χ0v) is 13.1. The van der Waals surface area contributed by atoms with Crippen molar-refractivity contribution in [2.24, 2.45) is 0 Å². The van der Waals surface area contributed by atoms with Crippen molar-refractivity contribution >= 4 is 11.8 Å². The molecule has 0 saturated carbocycles. The van der Waals surface area contributed by atoms with Gasteiger partial charge in [0.25, 0.3) is 0 Å². The molecule has 21 heavy (non-hydrogen) atoms. The molecule has 0 radical (unpaired) electrons. The summed E-state index contributed by atoms with van der Waals surface area (Å²) in [5.74, 6) is 2.44. The molecule has 1 unspecified atom stereocenters. The number of methoxy groups -OCH3 is 2. The Morgan fingerprint density at radius 1 is 1.24 bits per heavy atom. The number of aryl methyl sites for hydroxylation is 1. The van der Waals surface area contributed by atoms with Crippen molar-refractivity contribution in [3.8, 4) is 11.5 Å². The fourth-order valence-electron chi connectivity index (χ4n) is 2.30. The van der Waals surface area contributed by atoms with Gasteiger partial charge >= 0.3 is 0 Å². The molecule has 6 nitrogen and oxygen atoms in total. The molecule has 1 atom stereocenters. The number of hydrogen-bond donors (Lipinski definition) is 1. The average Bonchev–Trinajstić information content (AvgIpc) is 3.09. The highest BCUT2D eigenvalue weighted by Gasteiger charge is 2.27. The topological polar surface area (TPSA) is 61.2 Å². The number of aromatic nitrogens is 3. The monoisotopic (exact) mass is 306 g/mol. The SMILES string of the molecule is CCCc1nnc2n1NC(c1ccc(OC)c(OC)c1)S2. The number of hydrogen-bond acceptors (Lipinski definition) is 6. The Hall–Kier alpha value is -1.89. The van der Waals surface area contributed by atoms with Crippen LogP contribution in [0.25, 0.3) is 0 Å². The van der Waals surface area contributed by atoms with E-state index in [1.807, 2.05) is 22.9 Å². The molecule has 2 aromatic rings. The molecule has 2 heterocycles. The predicted molar refractivity (Wildman–Crippen MR) is 81.5 cm³/mol. The van der Waals surface area contributed by atoms with Crippen molar-refractivity contribution in [2.75, 3.05) is 19.6 Å². The Bertz CT molecular complexity index is 644. The molecule has 1 aliphatic rings. The van der Waals surface area contributed by atoms with Crippen molar-refractivity contribution in [3.63, 3.8) is 0 Å². The van der Waals surface area contributed by atoms with Crippen molar-refractivity contribution in [3.05, 3.63) is 29.6 Å². The third-order valence-electron chi connectivity index (χ3n) is 3.35. The first-order valence-electron chi connectivity index (χ1n) is 6.86. The van der Waals surface area contributed by atoms with Crippen LogP contribution in [0.2, 0.25) is 0 Å². The van der Waals surface area contributed by atoms with Crippen LogP contribution in [-0.4, -0.2) is 29.1 Å². The average molecular weight is 306 g/mol. The molecule has 1 aromatic carbocycles. The van der Waals surface area contributed by atoms with Crippen molar-refractivity contribution in [1.82, 2.24) is 14.9 Å². The summed E-state index contributed by atoms with van der Waals surface area (Å²) in [4.78, 5) is 0. The van der Waals surface area contributed by atoms with Crippen LogP contribution in [-0.2, 0) is 6.42 Å². The highest BCUT2D eigenvalue weighted by Crippen LogP contribution is 2.41. The number of nitrogens with one attached hydrogen (secondary N) is 1. The van der Waals surface area contributed by atoms with Crippen molar-refractivity contribution in [1.29, 1.82) is 0 Å². The second-order valence-electron chi connectivity index (χ2n) is 4.73. The van der Waals surface area contributed by atoms with Gasteiger partial charge in [0.15, 0.2) is 17.3 Å². The van der Waals surface area contributed by atoms with Gasteiger partial charge in [-0.3, -0.25) is 0 Å². The smallest absolute Gasteiger partial charge is 0.212 e. The quantitative estimate of drug-likeness (QED) is 0.916. The van der Waals surface area contributed by atoms with Gasteiger partial charge in [-0.15, -0.1) is 10.2 Å². The van der Waals surface area contributed by atoms with Crippen molar-refractivity contribution in [2.45, 2.75) is 30.3 Å². The Balaban J connectivity index is 1.84. The van der Waals surface area contributed by atoms with Gasteiger partial charge in [0.1, 0.15) is 5.37 Å². The molecule has 0 bridgehead atoms. The molecule has 0 spiro atoms. The normalized spacial score (nSPS) is 16.4. The maximum absolute atomic E-state index is 5.36. The number of benzene rings is 1. The van der Waals surface area contributed by atoms with Gasteiger partial charge in [-0.1, -0.05) is 24.8 Å². The van der Waals surface area contributed by atoms with E-state index in [0.29, 0.717) is 0 Å². The summed E-state index contributed by atoms with van der Waals surface area (Å²) in [6.45, 7) is 2.13. The van der Waals surface area contributed by atoms with Gasteiger partial charge in [0.2, 0.25) is 5.16 Å². The van der Waals surface area contributed by atoms with E-state index in [1.165, 1.54) is 0 Å². The lowest BCUT2D eigenvalue weighted by molar-refractivity contribution is 0.354. The van der Waals surface area contributed by atoms with Gasteiger partial charge < -0.3 is 14.9 Å². The first kappa shape index (κ1) is 14.1. The number of thioether (sulfide) groups is 1. The van der Waals surface area contributed by atoms with E-state index in [0.717, 1.165) is 40.9 Å². The third-order valence-corrected chi connectivity index (χ3v) is 4.44. The van der Waals surface area contributed by atoms with Gasteiger partial charge in [-0.25, -0.2) is 4.68 Å². The molecule has 0 aliphatic carbocycles. The zero-order chi connectivity index (χ0) is 14.8. The highest BCUT2D eigenvalue weighted by molar-refractivity contribution is 7.99. The standard InChI is InChI=1S/C14H18N4O2S/c1-4-5-12-15-16-14-18(12)17-13(21-14)9-6-7-10(19-2)11(8-9)20-3/h6-8,13,17H,4-5H2,1-3H3. The summed E-state index contributed by atoms with van der Waals surface area (Å²) in [7, 11) is 3.28. The summed E-state index contributed by atoms with van der Waals surface area (Å²) in [5.41, 5.74) is 4.55. The summed E-state index contributed by atoms with van der Waals surface area (Å²) in [6.07, 6.45) is 1.96. The van der Waals surface area contributed by atoms with Crippen LogP contribution in [0.15, 0.2) is 23.4 Å². The van der Waals surface area contributed by atoms with E-state index in [-0.39, 0.29) is 5.37 Å². The van der Waals surface area contributed by atoms with Crippen LogP contribution in [0, 0.1) is 0 Å². The van der Waals surface area contributed by atoms with Gasteiger partial charge in [-0.05, 0) is 24.1 Å². The third kappa shape index (κ3) is 2.53. The molecule has 1 aliphatic heterocycles. The number of ether oxygens (including phenoxy) is 2. The number of rotatable bonds is 5. The minimum absolute atomic E-state index is 0.103. The van der Waals surface area contributed by atoms with Gasteiger partial charge in [0, 0.05) is 6.42 Å². The minimum Gasteiger partial charge on any atom is -0.493 e. The lowest BCUT2D eigenvalue weighted by Gasteiger charge is -2.14. The van der Waals surface area contributed by atoms with E-state index in [9.17, 15) is 0 Å². The molecule has 7 heteroatoms. The Morgan fingerprint density at radius 2 is 2.05 bits per heavy atom. The fraction of sp³-hybridized carbons (Fsp3) is 0.429. The lowest BCUT2D eigenvalue weighted by atomic mass is 10.2. The Labute approximate surface area is 127 Å². The van der Waals surface area contributed by atoms with E-state index >= 15 is 0 Å². The van der Waals surface area contributed by atoms with Gasteiger partial charge in [-0.2, -0.15) is 0 Å². The molecule has 1 aromatic heterocycles. The molecule has 0 fully saturated rings. The van der Waals surface area contributed by atoms with E-state index in [4.69, 9.17) is 9.47 Å². The lowest BCUT2D eigenvalue weighted by Crippen LogP contribution is -2.15. The first-order chi connectivity index (χ1) is 10.3. The van der Waals surface area contributed by atoms with Gasteiger partial charge in [0.05, 0.1) is 14.2 Å². The second-order valence-corrected chi connectivity index (χ2v) is 5.80. The predicted octanol–water partition coefficient (Wildman–Crippen LogP) is 2.60. The van der Waals surface area contributed by atoms with Crippen LogP contribution in [0.3, 0.4) is 0 Å². The Kier molecular flexibility index (Phi) is 3.92. The van der Waals surface area contributed by atoms with Crippen LogP contribution in [0.4, 0.5) is 0 Å². The molecule has 112 valence electrons. The number of nitrogens with zero attached hydrogens (tertiary/aromatic N) is 3. The summed E-state index contributed by atoms with van der Waals surface area (Å²) in [5, 5.41) is 9.43. The van der Waals surface area contributed by atoms with Crippen molar-refractivity contribution < 1.29 is 9.47 Å². The van der Waals surface area contributed by atoms with E-state index < -0.39 is 0 Å². The Morgan fingerprint density at radius 3 is 2.76 bits per heavy atom. The van der Waals surface area contributed by atoms with Crippen LogP contribution in [0.1, 0.15) is 30.1 Å². The van der Waals surface area contributed by atoms with E-state index in [2.05, 4.69) is 22.5 Å². The molecular weight excluding hydrogens is 288 g/mol. The molecule has 0 saturated heterocycles. The first-order valence-corrected chi connectivity index (χ1v) is 7.74. The van der Waals surface area contributed by atoms with E-state index in [1.54, 1.807) is 26.0 Å². The summed E-state index contributed by atoms with van der Waals surface area (Å²) >= 11 is 1.65. The molecule has 1 N–H and O–H groups in total. The maximum atomic E-state index is 5.36.